The van der Waals surface area contributed by atoms with Gasteiger partial charge in [-0.05, 0) is 31.4 Å². The largest absolute Gasteiger partial charge is 0.476 e. The maximum absolute atomic E-state index is 5.85. The number of hydrogen-bond acceptors (Lipinski definition) is 5. The summed E-state index contributed by atoms with van der Waals surface area (Å²) in [6.45, 7) is 7.60. The monoisotopic (exact) mass is 267 g/mol. The van der Waals surface area contributed by atoms with E-state index in [2.05, 4.69) is 31.1 Å². The fraction of sp³-hybridized carbons (Fsp3) is 0.643. The molecule has 0 aromatic carbocycles. The first kappa shape index (κ1) is 15.6. The molecular formula is C14H25N3O2. The van der Waals surface area contributed by atoms with Crippen molar-refractivity contribution in [3.05, 3.63) is 12.1 Å². The quantitative estimate of drug-likeness (QED) is 0.757. The number of nitrogen functional groups attached to an aromatic ring is 1. The van der Waals surface area contributed by atoms with Crippen LogP contribution in [0.15, 0.2) is 12.1 Å². The zero-order valence-corrected chi connectivity index (χ0v) is 12.3. The van der Waals surface area contributed by atoms with Gasteiger partial charge in [0.05, 0.1) is 12.3 Å². The van der Waals surface area contributed by atoms with Crippen molar-refractivity contribution in [2.75, 3.05) is 31.4 Å². The van der Waals surface area contributed by atoms with Crippen molar-refractivity contribution in [1.29, 1.82) is 0 Å². The van der Waals surface area contributed by atoms with Crippen LogP contribution in [0.2, 0.25) is 0 Å². The molecular weight excluding hydrogens is 242 g/mol. The molecule has 1 unspecified atom stereocenters. The van der Waals surface area contributed by atoms with Crippen molar-refractivity contribution in [2.24, 2.45) is 5.92 Å². The van der Waals surface area contributed by atoms with Gasteiger partial charge in [0.1, 0.15) is 5.82 Å². The number of methoxy groups -OCH3 is 1. The number of ether oxygens (including phenoxy) is 2. The normalized spacial score (nSPS) is 12.5. The molecule has 0 aliphatic rings. The summed E-state index contributed by atoms with van der Waals surface area (Å²) in [5, 5.41) is 3.31. The highest BCUT2D eigenvalue weighted by molar-refractivity contribution is 5.53. The van der Waals surface area contributed by atoms with Gasteiger partial charge in [-0.2, -0.15) is 4.98 Å². The summed E-state index contributed by atoms with van der Waals surface area (Å²) in [5.41, 5.74) is 6.42. The predicted molar refractivity (Wildman–Crippen MR) is 78.6 cm³/mol. The third kappa shape index (κ3) is 5.79. The number of nitrogens with one attached hydrogen (secondary N) is 1. The Hall–Kier alpha value is -1.49. The van der Waals surface area contributed by atoms with E-state index >= 15 is 0 Å². The Morgan fingerprint density at radius 1 is 1.32 bits per heavy atom. The summed E-state index contributed by atoms with van der Waals surface area (Å²) in [7, 11) is 1.70. The summed E-state index contributed by atoms with van der Waals surface area (Å²) < 4.78 is 10.7. The van der Waals surface area contributed by atoms with Gasteiger partial charge >= 0.3 is 0 Å². The van der Waals surface area contributed by atoms with Crippen LogP contribution in [0, 0.1) is 5.92 Å². The van der Waals surface area contributed by atoms with E-state index in [0.717, 1.165) is 18.8 Å². The van der Waals surface area contributed by atoms with Gasteiger partial charge in [-0.1, -0.05) is 13.8 Å². The Kier molecular flexibility index (Phi) is 6.42. The first-order valence-corrected chi connectivity index (χ1v) is 6.67. The highest BCUT2D eigenvalue weighted by atomic mass is 16.5. The summed E-state index contributed by atoms with van der Waals surface area (Å²) in [4.78, 5) is 4.39. The van der Waals surface area contributed by atoms with Gasteiger partial charge in [-0.3, -0.25) is 0 Å². The summed E-state index contributed by atoms with van der Waals surface area (Å²) in [6.07, 6.45) is 0.921. The van der Waals surface area contributed by atoms with Gasteiger partial charge in [-0.15, -0.1) is 0 Å². The number of hydrogen-bond donors (Lipinski definition) is 2. The average Bonchev–Trinajstić information content (AvgIpc) is 2.37. The summed E-state index contributed by atoms with van der Waals surface area (Å²) in [6, 6.07) is 3.96. The molecule has 19 heavy (non-hydrogen) atoms. The van der Waals surface area contributed by atoms with E-state index in [9.17, 15) is 0 Å². The van der Waals surface area contributed by atoms with Crippen LogP contribution in [0.25, 0.3) is 0 Å². The topological polar surface area (TPSA) is 69.4 Å². The lowest BCUT2D eigenvalue weighted by Crippen LogP contribution is -2.18. The molecule has 0 saturated carbocycles. The molecule has 1 atom stereocenters. The first-order valence-electron chi connectivity index (χ1n) is 6.67. The van der Waals surface area contributed by atoms with Crippen molar-refractivity contribution < 1.29 is 9.47 Å². The van der Waals surface area contributed by atoms with Crippen molar-refractivity contribution in [3.8, 4) is 5.88 Å². The SMILES string of the molecule is COCCC(C)Nc1ccc(N)c(OCC(C)C)n1. The highest BCUT2D eigenvalue weighted by Gasteiger charge is 2.08. The number of anilines is 2. The maximum atomic E-state index is 5.85. The van der Waals surface area contributed by atoms with Crippen LogP contribution in [-0.4, -0.2) is 31.3 Å². The molecule has 1 rings (SSSR count). The predicted octanol–water partition coefficient (Wildman–Crippen LogP) is 2.54. The molecule has 1 aromatic heterocycles. The minimum Gasteiger partial charge on any atom is -0.476 e. The summed E-state index contributed by atoms with van der Waals surface area (Å²) in [5.74, 6) is 1.72. The van der Waals surface area contributed by atoms with Crippen molar-refractivity contribution in [1.82, 2.24) is 4.98 Å². The van der Waals surface area contributed by atoms with E-state index in [0.29, 0.717) is 24.1 Å². The van der Waals surface area contributed by atoms with E-state index in [1.54, 1.807) is 7.11 Å². The number of nitrogens with two attached hydrogens (primary N) is 1. The minimum absolute atomic E-state index is 0.286. The number of aromatic nitrogens is 1. The molecule has 0 saturated heterocycles. The van der Waals surface area contributed by atoms with Crippen LogP contribution >= 0.6 is 0 Å². The number of rotatable bonds is 8. The average molecular weight is 267 g/mol. The zero-order valence-electron chi connectivity index (χ0n) is 12.3. The zero-order chi connectivity index (χ0) is 14.3. The molecule has 0 fully saturated rings. The second-order valence-corrected chi connectivity index (χ2v) is 5.12. The summed E-state index contributed by atoms with van der Waals surface area (Å²) >= 11 is 0. The maximum Gasteiger partial charge on any atom is 0.239 e. The molecule has 0 spiro atoms. The van der Waals surface area contributed by atoms with Gasteiger partial charge < -0.3 is 20.5 Å². The molecule has 0 aliphatic heterocycles. The van der Waals surface area contributed by atoms with Crippen LogP contribution in [0.5, 0.6) is 5.88 Å². The lowest BCUT2D eigenvalue weighted by Gasteiger charge is -2.16. The Morgan fingerprint density at radius 3 is 2.68 bits per heavy atom. The van der Waals surface area contributed by atoms with Gasteiger partial charge in [0.25, 0.3) is 0 Å². The molecule has 5 nitrogen and oxygen atoms in total. The van der Waals surface area contributed by atoms with Crippen molar-refractivity contribution in [2.45, 2.75) is 33.2 Å². The van der Waals surface area contributed by atoms with Gasteiger partial charge in [0, 0.05) is 19.8 Å². The third-order valence-electron chi connectivity index (χ3n) is 2.59. The van der Waals surface area contributed by atoms with Crippen LogP contribution in [0.3, 0.4) is 0 Å². The van der Waals surface area contributed by atoms with E-state index in [1.807, 2.05) is 12.1 Å². The third-order valence-corrected chi connectivity index (χ3v) is 2.59. The molecule has 0 aliphatic carbocycles. The fourth-order valence-corrected chi connectivity index (χ4v) is 1.51. The molecule has 1 aromatic rings. The van der Waals surface area contributed by atoms with Crippen LogP contribution < -0.4 is 15.8 Å². The van der Waals surface area contributed by atoms with Crippen molar-refractivity contribution in [3.63, 3.8) is 0 Å². The molecule has 1 heterocycles. The second-order valence-electron chi connectivity index (χ2n) is 5.12. The standard InChI is InChI=1S/C14H25N3O2/c1-10(2)9-19-14-12(15)5-6-13(17-14)16-11(3)7-8-18-4/h5-6,10-11H,7-9,15H2,1-4H3,(H,16,17). The first-order chi connectivity index (χ1) is 9.02. The lowest BCUT2D eigenvalue weighted by molar-refractivity contribution is 0.191. The Labute approximate surface area is 115 Å². The van der Waals surface area contributed by atoms with E-state index in [-0.39, 0.29) is 6.04 Å². The lowest BCUT2D eigenvalue weighted by atomic mass is 10.2. The highest BCUT2D eigenvalue weighted by Crippen LogP contribution is 2.22. The van der Waals surface area contributed by atoms with Crippen LogP contribution in [-0.2, 0) is 4.74 Å². The minimum atomic E-state index is 0.286. The molecule has 0 radical (unpaired) electrons. The number of nitrogens with zero attached hydrogens (tertiary/aromatic N) is 1. The molecule has 108 valence electrons. The van der Waals surface area contributed by atoms with Gasteiger partial charge in [-0.25, -0.2) is 0 Å². The Balaban J connectivity index is 2.62. The van der Waals surface area contributed by atoms with E-state index in [4.69, 9.17) is 15.2 Å². The fourth-order valence-electron chi connectivity index (χ4n) is 1.51. The van der Waals surface area contributed by atoms with Crippen LogP contribution in [0.4, 0.5) is 11.5 Å². The molecule has 5 heteroatoms. The Bertz CT molecular complexity index is 383. The number of pyridine rings is 1. The molecule has 0 amide bonds. The molecule has 3 N–H and O–H groups in total. The Morgan fingerprint density at radius 2 is 2.05 bits per heavy atom. The van der Waals surface area contributed by atoms with Crippen LogP contribution in [0.1, 0.15) is 27.2 Å². The molecule has 0 bridgehead atoms. The second kappa shape index (κ2) is 7.84. The smallest absolute Gasteiger partial charge is 0.239 e. The van der Waals surface area contributed by atoms with E-state index < -0.39 is 0 Å². The van der Waals surface area contributed by atoms with Gasteiger partial charge in [0.2, 0.25) is 5.88 Å². The van der Waals surface area contributed by atoms with Crippen molar-refractivity contribution >= 4 is 11.5 Å². The van der Waals surface area contributed by atoms with Gasteiger partial charge in [0.15, 0.2) is 0 Å². The van der Waals surface area contributed by atoms with E-state index in [1.165, 1.54) is 0 Å².